The predicted octanol–water partition coefficient (Wildman–Crippen LogP) is 4.39. The van der Waals surface area contributed by atoms with E-state index in [1.54, 1.807) is 18.4 Å². The molecule has 2 aliphatic rings. The number of ether oxygens (including phenoxy) is 1. The summed E-state index contributed by atoms with van der Waals surface area (Å²) in [5.74, 6) is 0.790. The second kappa shape index (κ2) is 7.73. The molecule has 32 heavy (non-hydrogen) atoms. The average molecular weight is 457 g/mol. The molecule has 2 aromatic heterocycles. The molecule has 0 saturated heterocycles. The monoisotopic (exact) mass is 456 g/mol. The third kappa shape index (κ3) is 3.10. The van der Waals surface area contributed by atoms with Crippen molar-refractivity contribution in [3.63, 3.8) is 0 Å². The number of rotatable bonds is 3. The maximum Gasteiger partial charge on any atom is 0.271 e. The number of aryl methyl sites for hydroxylation is 1. The van der Waals surface area contributed by atoms with Gasteiger partial charge in [-0.2, -0.15) is 0 Å². The van der Waals surface area contributed by atoms with Crippen molar-refractivity contribution in [1.82, 2.24) is 4.57 Å². The minimum Gasteiger partial charge on any atom is -0.497 e. The van der Waals surface area contributed by atoms with Gasteiger partial charge in [0, 0.05) is 10.4 Å². The summed E-state index contributed by atoms with van der Waals surface area (Å²) in [4.78, 5) is 20.5. The van der Waals surface area contributed by atoms with Crippen molar-refractivity contribution in [1.29, 1.82) is 0 Å². The second-order valence-electron chi connectivity index (χ2n) is 7.91. The van der Waals surface area contributed by atoms with E-state index in [0.29, 0.717) is 4.53 Å². The first-order chi connectivity index (χ1) is 15.7. The minimum absolute atomic E-state index is 0.0142. The molecule has 158 valence electrons. The molecule has 0 unspecified atom stereocenters. The molecule has 1 aliphatic heterocycles. The van der Waals surface area contributed by atoms with Gasteiger partial charge in [-0.15, -0.1) is 11.3 Å². The maximum atomic E-state index is 13.6. The van der Waals surface area contributed by atoms with Crippen LogP contribution in [0.1, 0.15) is 34.0 Å². The second-order valence-corrected chi connectivity index (χ2v) is 9.89. The van der Waals surface area contributed by atoms with Crippen LogP contribution in [-0.2, 0) is 6.42 Å². The molecule has 3 heterocycles. The van der Waals surface area contributed by atoms with Gasteiger partial charge in [0.25, 0.3) is 5.56 Å². The van der Waals surface area contributed by atoms with Crippen LogP contribution in [0.25, 0.3) is 11.8 Å². The number of benzene rings is 2. The van der Waals surface area contributed by atoms with Crippen molar-refractivity contribution in [3.05, 3.63) is 113 Å². The molecule has 4 nitrogen and oxygen atoms in total. The van der Waals surface area contributed by atoms with E-state index in [1.165, 1.54) is 28.0 Å². The molecular weight excluding hydrogens is 436 g/mol. The van der Waals surface area contributed by atoms with Crippen molar-refractivity contribution in [2.75, 3.05) is 7.11 Å². The first-order valence-electron chi connectivity index (χ1n) is 10.5. The van der Waals surface area contributed by atoms with Gasteiger partial charge in [0.15, 0.2) is 4.80 Å². The molecule has 0 amide bonds. The maximum absolute atomic E-state index is 13.6. The standard InChI is InChI=1S/C26H20N2O2S2/c1-30-18-8-4-7-17(14-18)24-21-12-11-16-6-2-3-10-20(16)23(21)27-26-28(24)25(29)22(32-26)15-19-9-5-13-31-19/h2-10,13-15,24H,11-12H2,1H3/b22-15-/t24-/m0/s1. The van der Waals surface area contributed by atoms with Gasteiger partial charge in [-0.3, -0.25) is 9.36 Å². The van der Waals surface area contributed by atoms with Gasteiger partial charge < -0.3 is 4.74 Å². The highest BCUT2D eigenvalue weighted by atomic mass is 32.1. The molecule has 1 atom stereocenters. The molecule has 0 spiro atoms. The molecule has 0 radical (unpaired) electrons. The Morgan fingerprint density at radius 2 is 2.00 bits per heavy atom. The lowest BCUT2D eigenvalue weighted by Crippen LogP contribution is -2.38. The van der Waals surface area contributed by atoms with Gasteiger partial charge in [-0.25, -0.2) is 4.99 Å². The third-order valence-corrected chi connectivity index (χ3v) is 7.90. The summed E-state index contributed by atoms with van der Waals surface area (Å²) in [6.07, 6.45) is 3.81. The van der Waals surface area contributed by atoms with Gasteiger partial charge in [-0.05, 0) is 59.2 Å². The third-order valence-electron chi connectivity index (χ3n) is 6.10. The number of nitrogens with zero attached hydrogens (tertiary/aromatic N) is 2. The molecule has 4 aromatic rings. The lowest BCUT2D eigenvalue weighted by atomic mass is 9.83. The van der Waals surface area contributed by atoms with Crippen LogP contribution in [0, 0.1) is 0 Å². The Labute approximate surface area is 193 Å². The number of hydrogen-bond donors (Lipinski definition) is 0. The number of allylic oxidation sites excluding steroid dienone is 1. The van der Waals surface area contributed by atoms with Gasteiger partial charge in [0.05, 0.1) is 23.4 Å². The molecule has 0 bridgehead atoms. The predicted molar refractivity (Wildman–Crippen MR) is 130 cm³/mol. The van der Waals surface area contributed by atoms with Crippen molar-refractivity contribution >= 4 is 34.4 Å². The topological polar surface area (TPSA) is 43.6 Å². The van der Waals surface area contributed by atoms with Gasteiger partial charge in [0.1, 0.15) is 5.75 Å². The van der Waals surface area contributed by atoms with Crippen LogP contribution in [0.5, 0.6) is 5.75 Å². The lowest BCUT2D eigenvalue weighted by molar-refractivity contribution is 0.413. The Bertz CT molecular complexity index is 1540. The van der Waals surface area contributed by atoms with E-state index in [9.17, 15) is 4.79 Å². The fraction of sp³-hybridized carbons (Fsp3) is 0.154. The summed E-state index contributed by atoms with van der Waals surface area (Å²) in [7, 11) is 1.67. The molecule has 1 aliphatic carbocycles. The highest BCUT2D eigenvalue weighted by molar-refractivity contribution is 7.11. The Morgan fingerprint density at radius 3 is 2.84 bits per heavy atom. The zero-order valence-electron chi connectivity index (χ0n) is 17.4. The normalized spacial score (nSPS) is 17.4. The van der Waals surface area contributed by atoms with Crippen LogP contribution < -0.4 is 19.6 Å². The number of fused-ring (bicyclic) bond motifs is 3. The first-order valence-corrected chi connectivity index (χ1v) is 12.2. The fourth-order valence-corrected chi connectivity index (χ4v) is 6.36. The highest BCUT2D eigenvalue weighted by Gasteiger charge is 2.32. The van der Waals surface area contributed by atoms with Crippen LogP contribution >= 0.6 is 22.7 Å². The smallest absolute Gasteiger partial charge is 0.271 e. The minimum atomic E-state index is -0.185. The number of methoxy groups -OCH3 is 1. The van der Waals surface area contributed by atoms with E-state index in [-0.39, 0.29) is 11.6 Å². The van der Waals surface area contributed by atoms with Crippen molar-refractivity contribution in [3.8, 4) is 5.75 Å². The Hall–Kier alpha value is -3.22. The Balaban J connectivity index is 1.65. The number of thiophene rings is 1. The molecule has 6 heteroatoms. The molecule has 6 rings (SSSR count). The summed E-state index contributed by atoms with van der Waals surface area (Å²) >= 11 is 3.10. The molecule has 0 fully saturated rings. The van der Waals surface area contributed by atoms with E-state index < -0.39 is 0 Å². The summed E-state index contributed by atoms with van der Waals surface area (Å²) in [6, 6.07) is 20.4. The molecule has 0 saturated carbocycles. The highest BCUT2D eigenvalue weighted by Crippen LogP contribution is 2.41. The molecular formula is C26H20N2O2S2. The molecule has 0 N–H and O–H groups in total. The van der Waals surface area contributed by atoms with E-state index in [2.05, 4.69) is 30.3 Å². The summed E-state index contributed by atoms with van der Waals surface area (Å²) < 4.78 is 8.10. The summed E-state index contributed by atoms with van der Waals surface area (Å²) in [5.41, 5.74) is 5.78. The lowest BCUT2D eigenvalue weighted by Gasteiger charge is -2.31. The van der Waals surface area contributed by atoms with Crippen molar-refractivity contribution in [2.45, 2.75) is 18.9 Å². The van der Waals surface area contributed by atoms with Crippen LogP contribution in [-0.4, -0.2) is 11.7 Å². The van der Waals surface area contributed by atoms with Gasteiger partial charge >= 0.3 is 0 Å². The summed E-state index contributed by atoms with van der Waals surface area (Å²) in [6.45, 7) is 0. The largest absolute Gasteiger partial charge is 0.497 e. The zero-order valence-corrected chi connectivity index (χ0v) is 19.1. The van der Waals surface area contributed by atoms with E-state index in [0.717, 1.165) is 39.5 Å². The molecule has 2 aromatic carbocycles. The number of thiazole rings is 1. The van der Waals surface area contributed by atoms with E-state index in [4.69, 9.17) is 9.73 Å². The fourth-order valence-electron chi connectivity index (χ4n) is 4.64. The van der Waals surface area contributed by atoms with Crippen LogP contribution in [0.4, 0.5) is 0 Å². The van der Waals surface area contributed by atoms with Gasteiger partial charge in [0.2, 0.25) is 0 Å². The van der Waals surface area contributed by atoms with Crippen LogP contribution in [0.3, 0.4) is 0 Å². The van der Waals surface area contributed by atoms with E-state index in [1.807, 2.05) is 46.4 Å². The summed E-state index contributed by atoms with van der Waals surface area (Å²) in [5, 5.41) is 2.03. The van der Waals surface area contributed by atoms with Crippen LogP contribution in [0.15, 0.2) is 81.4 Å². The van der Waals surface area contributed by atoms with E-state index >= 15 is 0 Å². The van der Waals surface area contributed by atoms with Crippen molar-refractivity contribution < 1.29 is 4.74 Å². The first kappa shape index (κ1) is 19.5. The Kier molecular flexibility index (Phi) is 4.70. The zero-order chi connectivity index (χ0) is 21.7. The average Bonchev–Trinajstić information content (AvgIpc) is 3.46. The van der Waals surface area contributed by atoms with Crippen molar-refractivity contribution in [2.24, 2.45) is 4.99 Å². The van der Waals surface area contributed by atoms with Crippen LogP contribution in [0.2, 0.25) is 0 Å². The quantitative estimate of drug-likeness (QED) is 0.459. The number of hydrogen-bond acceptors (Lipinski definition) is 5. The Morgan fingerprint density at radius 1 is 1.09 bits per heavy atom. The number of aromatic nitrogens is 1. The van der Waals surface area contributed by atoms with Gasteiger partial charge in [-0.1, -0.05) is 53.8 Å². The SMILES string of the molecule is COc1cccc([C@H]2C3=C(N=c4s/c(=C\c5cccs5)c(=O)n42)c2ccccc2CC3)c1.